The maximum Gasteiger partial charge on any atom is 0.164 e. The zero-order chi connectivity index (χ0) is 39.3. The van der Waals surface area contributed by atoms with Gasteiger partial charge in [-0.1, -0.05) is 184 Å². The summed E-state index contributed by atoms with van der Waals surface area (Å²) in [7, 11) is 0. The minimum absolute atomic E-state index is 0.150. The van der Waals surface area contributed by atoms with E-state index < -0.39 is 5.41 Å². The van der Waals surface area contributed by atoms with Gasteiger partial charge in [-0.3, -0.25) is 0 Å². The molecule has 9 aromatic rings. The van der Waals surface area contributed by atoms with Crippen LogP contribution in [0.3, 0.4) is 0 Å². The molecule has 2 aliphatic carbocycles. The fraction of sp³-hybridized carbons (Fsp3) is 0.0727. The van der Waals surface area contributed by atoms with Gasteiger partial charge in [0.25, 0.3) is 0 Å². The van der Waals surface area contributed by atoms with Crippen LogP contribution in [0.5, 0.6) is 11.5 Å². The van der Waals surface area contributed by atoms with Gasteiger partial charge in [-0.15, -0.1) is 0 Å². The number of nitrogens with zero attached hydrogens (tertiary/aromatic N) is 3. The van der Waals surface area contributed by atoms with Gasteiger partial charge in [0, 0.05) is 33.2 Å². The first-order chi connectivity index (χ1) is 29.0. The number of benzene rings is 8. The molecule has 2 heterocycles. The first-order valence-electron chi connectivity index (χ1n) is 20.3. The molecule has 0 radical (unpaired) electrons. The normalized spacial score (nSPS) is 14.3. The quantitative estimate of drug-likeness (QED) is 0.179. The Hall–Kier alpha value is -7.43. The van der Waals surface area contributed by atoms with E-state index in [4.69, 9.17) is 19.7 Å². The molecule has 278 valence electrons. The summed E-state index contributed by atoms with van der Waals surface area (Å²) >= 11 is 0. The number of aromatic nitrogens is 3. The third-order valence-corrected chi connectivity index (χ3v) is 12.8. The molecule has 0 N–H and O–H groups in total. The lowest BCUT2D eigenvalue weighted by Gasteiger charge is -2.39. The van der Waals surface area contributed by atoms with Crippen molar-refractivity contribution in [3.8, 4) is 79.0 Å². The molecule has 0 unspecified atom stereocenters. The predicted octanol–water partition coefficient (Wildman–Crippen LogP) is 13.3. The number of hydrogen-bond donors (Lipinski definition) is 0. The predicted molar refractivity (Wildman–Crippen MR) is 237 cm³/mol. The van der Waals surface area contributed by atoms with E-state index >= 15 is 0 Å². The Bertz CT molecular complexity index is 3140. The zero-order valence-electron chi connectivity index (χ0n) is 32.6. The lowest BCUT2D eigenvalue weighted by molar-refractivity contribution is 0.436. The molecule has 0 amide bonds. The molecule has 4 heteroatoms. The van der Waals surface area contributed by atoms with Crippen LogP contribution in [0.25, 0.3) is 67.5 Å². The van der Waals surface area contributed by atoms with Gasteiger partial charge < -0.3 is 4.74 Å². The van der Waals surface area contributed by atoms with Gasteiger partial charge in [0.05, 0.1) is 5.41 Å². The Morgan fingerprint density at radius 1 is 0.322 bits per heavy atom. The maximum atomic E-state index is 6.89. The van der Waals surface area contributed by atoms with Crippen molar-refractivity contribution in [1.29, 1.82) is 0 Å². The number of rotatable bonds is 4. The summed E-state index contributed by atoms with van der Waals surface area (Å²) in [4.78, 5) is 15.6. The van der Waals surface area contributed by atoms with Crippen LogP contribution in [0.2, 0.25) is 0 Å². The van der Waals surface area contributed by atoms with Gasteiger partial charge in [-0.25, -0.2) is 15.0 Å². The summed E-state index contributed by atoms with van der Waals surface area (Å²) in [5.41, 5.74) is 16.7. The minimum Gasteiger partial charge on any atom is -0.457 e. The summed E-state index contributed by atoms with van der Waals surface area (Å²) in [6, 6.07) is 66.9. The summed E-state index contributed by atoms with van der Waals surface area (Å²) in [6.45, 7) is 4.61. The van der Waals surface area contributed by atoms with E-state index in [2.05, 4.69) is 184 Å². The zero-order valence-corrected chi connectivity index (χ0v) is 32.6. The topological polar surface area (TPSA) is 47.9 Å². The van der Waals surface area contributed by atoms with E-state index in [1.165, 1.54) is 44.5 Å². The summed E-state index contributed by atoms with van der Waals surface area (Å²) in [6.07, 6.45) is 0. The molecule has 8 aromatic carbocycles. The molecule has 4 nitrogen and oxygen atoms in total. The average molecular weight is 756 g/mol. The van der Waals surface area contributed by atoms with Crippen molar-refractivity contribution in [2.45, 2.75) is 24.7 Å². The largest absolute Gasteiger partial charge is 0.457 e. The molecule has 12 rings (SSSR count). The van der Waals surface area contributed by atoms with Crippen molar-refractivity contribution >= 4 is 0 Å². The van der Waals surface area contributed by atoms with Crippen LogP contribution in [-0.2, 0) is 10.8 Å². The van der Waals surface area contributed by atoms with Crippen LogP contribution in [0.4, 0.5) is 0 Å². The minimum atomic E-state index is -0.519. The van der Waals surface area contributed by atoms with Crippen LogP contribution in [0.1, 0.15) is 47.2 Å². The Kier molecular flexibility index (Phi) is 7.16. The molecular formula is C55H37N3O. The smallest absolute Gasteiger partial charge is 0.164 e. The molecule has 1 spiro atoms. The first-order valence-corrected chi connectivity index (χ1v) is 20.3. The van der Waals surface area contributed by atoms with Crippen molar-refractivity contribution in [2.75, 3.05) is 0 Å². The van der Waals surface area contributed by atoms with Gasteiger partial charge in [-0.2, -0.15) is 0 Å². The SMILES string of the molecule is CC1(C)c2ccccc2-c2ccc(-c3nc(-c4ccccc4)nc(-c4ccccc4-c4ccc5c(c4)Oc4ccccc4C54c5ccccc5-c5ccccc54)n3)cc21. The third-order valence-electron chi connectivity index (χ3n) is 12.8. The second-order valence-electron chi connectivity index (χ2n) is 16.3. The lowest BCUT2D eigenvalue weighted by atomic mass is 9.66. The van der Waals surface area contributed by atoms with E-state index in [9.17, 15) is 0 Å². The van der Waals surface area contributed by atoms with Crippen molar-refractivity contribution in [3.05, 3.63) is 221 Å². The highest BCUT2D eigenvalue weighted by atomic mass is 16.5. The van der Waals surface area contributed by atoms with Gasteiger partial charge in [0.1, 0.15) is 11.5 Å². The molecule has 1 aromatic heterocycles. The fourth-order valence-corrected chi connectivity index (χ4v) is 10.1. The lowest BCUT2D eigenvalue weighted by Crippen LogP contribution is -2.32. The Labute approximate surface area is 343 Å². The van der Waals surface area contributed by atoms with E-state index in [0.717, 1.165) is 50.4 Å². The molecule has 0 saturated carbocycles. The van der Waals surface area contributed by atoms with E-state index in [1.807, 2.05) is 18.2 Å². The van der Waals surface area contributed by atoms with Crippen LogP contribution in [0.15, 0.2) is 188 Å². The number of hydrogen-bond acceptors (Lipinski definition) is 4. The van der Waals surface area contributed by atoms with Crippen LogP contribution >= 0.6 is 0 Å². The molecule has 3 aliphatic rings. The van der Waals surface area contributed by atoms with Crippen LogP contribution < -0.4 is 4.74 Å². The van der Waals surface area contributed by atoms with Gasteiger partial charge in [0.15, 0.2) is 17.5 Å². The summed E-state index contributed by atoms with van der Waals surface area (Å²) < 4.78 is 6.89. The Morgan fingerprint density at radius 3 is 1.53 bits per heavy atom. The highest BCUT2D eigenvalue weighted by Crippen LogP contribution is 2.62. The monoisotopic (exact) mass is 755 g/mol. The number of fused-ring (bicyclic) bond motifs is 12. The first kappa shape index (κ1) is 33.7. The number of ether oxygens (including phenoxy) is 1. The summed E-state index contributed by atoms with van der Waals surface area (Å²) in [5.74, 6) is 3.60. The van der Waals surface area contributed by atoms with Crippen LogP contribution in [-0.4, -0.2) is 15.0 Å². The van der Waals surface area contributed by atoms with Crippen molar-refractivity contribution in [3.63, 3.8) is 0 Å². The van der Waals surface area contributed by atoms with E-state index in [0.29, 0.717) is 17.5 Å². The average Bonchev–Trinajstić information content (AvgIpc) is 3.72. The highest BCUT2D eigenvalue weighted by molar-refractivity contribution is 5.90. The molecule has 0 bridgehead atoms. The standard InChI is InChI=1S/C55H37N3O/c1-54(2)43-23-11-8-19-38(43)41-30-28-36(32-48(41)54)52-56-51(34-16-4-3-5-17-34)57-53(58-52)42-22-7-6-18-37(42)35-29-31-47-50(33-35)59-49-27-15-14-26-46(49)55(47)44-24-12-9-20-39(44)40-21-10-13-25-45(40)55/h3-33H,1-2H3. The van der Waals surface area contributed by atoms with Gasteiger partial charge >= 0.3 is 0 Å². The van der Waals surface area contributed by atoms with Gasteiger partial charge in [-0.05, 0) is 73.8 Å². The second-order valence-corrected chi connectivity index (χ2v) is 16.3. The highest BCUT2D eigenvalue weighted by Gasteiger charge is 2.51. The van der Waals surface area contributed by atoms with Crippen LogP contribution in [0, 0.1) is 0 Å². The number of para-hydroxylation sites is 1. The van der Waals surface area contributed by atoms with E-state index in [1.54, 1.807) is 0 Å². The fourth-order valence-electron chi connectivity index (χ4n) is 10.1. The van der Waals surface area contributed by atoms with E-state index in [-0.39, 0.29) is 5.41 Å². The van der Waals surface area contributed by atoms with Crippen molar-refractivity contribution in [1.82, 2.24) is 15.0 Å². The maximum absolute atomic E-state index is 6.89. The Balaban J connectivity index is 1.03. The summed E-state index contributed by atoms with van der Waals surface area (Å²) in [5, 5.41) is 0. The molecule has 0 atom stereocenters. The molecule has 0 saturated heterocycles. The molecule has 59 heavy (non-hydrogen) atoms. The molecular weight excluding hydrogens is 719 g/mol. The molecule has 1 aliphatic heterocycles. The third kappa shape index (κ3) is 4.80. The van der Waals surface area contributed by atoms with Gasteiger partial charge in [0.2, 0.25) is 0 Å². The second kappa shape index (κ2) is 12.5. The molecule has 0 fully saturated rings. The van der Waals surface area contributed by atoms with Crippen molar-refractivity contribution < 1.29 is 4.74 Å². The van der Waals surface area contributed by atoms with Crippen molar-refractivity contribution in [2.24, 2.45) is 0 Å². The Morgan fingerprint density at radius 2 is 0.814 bits per heavy atom.